The molecule has 0 bridgehead atoms. The second-order valence-corrected chi connectivity index (χ2v) is 7.78. The molecule has 1 heterocycles. The SMILES string of the molecule is O=C(NC(c1ccccc1)C1CC1)N1CCCN(Cc2ccccc2)CC1. The summed E-state index contributed by atoms with van der Waals surface area (Å²) in [5, 5.41) is 3.33. The normalized spacial score (nSPS) is 19.3. The van der Waals surface area contributed by atoms with Crippen molar-refractivity contribution < 1.29 is 4.79 Å². The molecule has 4 rings (SSSR count). The van der Waals surface area contributed by atoms with Gasteiger partial charge in [0.15, 0.2) is 0 Å². The van der Waals surface area contributed by atoms with Crippen LogP contribution in [-0.2, 0) is 6.54 Å². The maximum atomic E-state index is 12.9. The highest BCUT2D eigenvalue weighted by molar-refractivity contribution is 5.75. The van der Waals surface area contributed by atoms with Gasteiger partial charge in [-0.3, -0.25) is 4.90 Å². The molecular formula is C23H29N3O. The van der Waals surface area contributed by atoms with E-state index in [1.54, 1.807) is 0 Å². The summed E-state index contributed by atoms with van der Waals surface area (Å²) >= 11 is 0. The molecule has 1 aliphatic heterocycles. The molecule has 27 heavy (non-hydrogen) atoms. The van der Waals surface area contributed by atoms with Gasteiger partial charge in [-0.25, -0.2) is 4.79 Å². The van der Waals surface area contributed by atoms with Gasteiger partial charge in [0, 0.05) is 32.7 Å². The number of amides is 2. The number of hydrogen-bond acceptors (Lipinski definition) is 2. The van der Waals surface area contributed by atoms with Crippen LogP contribution in [0.4, 0.5) is 4.79 Å². The van der Waals surface area contributed by atoms with Crippen LogP contribution in [0.1, 0.15) is 36.4 Å². The Kier molecular flexibility index (Phi) is 5.73. The lowest BCUT2D eigenvalue weighted by Gasteiger charge is -2.26. The third kappa shape index (κ3) is 4.89. The minimum Gasteiger partial charge on any atom is -0.331 e. The van der Waals surface area contributed by atoms with Gasteiger partial charge in [0.1, 0.15) is 0 Å². The summed E-state index contributed by atoms with van der Waals surface area (Å²) in [6.07, 6.45) is 3.45. The standard InChI is InChI=1S/C23H29N3O/c27-23(24-22(21-12-13-21)20-10-5-2-6-11-20)26-15-7-14-25(16-17-26)18-19-8-3-1-4-9-19/h1-6,8-11,21-22H,7,12-18H2,(H,24,27). The average molecular weight is 364 g/mol. The summed E-state index contributed by atoms with van der Waals surface area (Å²) in [5.74, 6) is 0.595. The molecule has 2 amide bonds. The van der Waals surface area contributed by atoms with Crippen LogP contribution in [-0.4, -0.2) is 42.0 Å². The van der Waals surface area contributed by atoms with E-state index in [1.165, 1.54) is 24.0 Å². The van der Waals surface area contributed by atoms with Crippen molar-refractivity contribution in [2.45, 2.75) is 31.8 Å². The lowest BCUT2D eigenvalue weighted by Crippen LogP contribution is -2.43. The first-order chi connectivity index (χ1) is 13.3. The van der Waals surface area contributed by atoms with Crippen molar-refractivity contribution in [2.75, 3.05) is 26.2 Å². The molecule has 1 atom stereocenters. The number of hydrogen-bond donors (Lipinski definition) is 1. The number of carbonyl (C=O) groups is 1. The molecule has 1 saturated carbocycles. The number of nitrogens with zero attached hydrogens (tertiary/aromatic N) is 2. The van der Waals surface area contributed by atoms with Gasteiger partial charge in [-0.1, -0.05) is 60.7 Å². The first kappa shape index (κ1) is 18.1. The van der Waals surface area contributed by atoms with E-state index in [2.05, 4.69) is 64.8 Å². The third-order valence-corrected chi connectivity index (χ3v) is 5.66. The highest BCUT2D eigenvalue weighted by atomic mass is 16.2. The van der Waals surface area contributed by atoms with Crippen molar-refractivity contribution in [1.29, 1.82) is 0 Å². The molecule has 2 aromatic rings. The fraction of sp³-hybridized carbons (Fsp3) is 0.435. The molecule has 2 fully saturated rings. The van der Waals surface area contributed by atoms with E-state index in [-0.39, 0.29) is 12.1 Å². The summed E-state index contributed by atoms with van der Waals surface area (Å²) in [6, 6.07) is 21.3. The Bertz CT molecular complexity index is 730. The molecule has 4 nitrogen and oxygen atoms in total. The van der Waals surface area contributed by atoms with E-state index in [9.17, 15) is 4.79 Å². The molecule has 0 radical (unpaired) electrons. The Morgan fingerprint density at radius 2 is 1.63 bits per heavy atom. The first-order valence-electron chi connectivity index (χ1n) is 10.2. The minimum atomic E-state index is 0.0947. The summed E-state index contributed by atoms with van der Waals surface area (Å²) < 4.78 is 0. The van der Waals surface area contributed by atoms with Gasteiger partial charge in [-0.2, -0.15) is 0 Å². The van der Waals surface area contributed by atoms with Crippen LogP contribution >= 0.6 is 0 Å². The van der Waals surface area contributed by atoms with E-state index >= 15 is 0 Å². The number of urea groups is 1. The lowest BCUT2D eigenvalue weighted by molar-refractivity contribution is 0.192. The maximum Gasteiger partial charge on any atom is 0.317 e. The number of nitrogens with one attached hydrogen (secondary N) is 1. The van der Waals surface area contributed by atoms with Crippen LogP contribution in [0.3, 0.4) is 0 Å². The van der Waals surface area contributed by atoms with Gasteiger partial charge in [0.25, 0.3) is 0 Å². The summed E-state index contributed by atoms with van der Waals surface area (Å²) in [7, 11) is 0. The Balaban J connectivity index is 1.33. The second kappa shape index (κ2) is 8.57. The van der Waals surface area contributed by atoms with Crippen LogP contribution in [0.15, 0.2) is 60.7 Å². The predicted molar refractivity (Wildman–Crippen MR) is 108 cm³/mol. The van der Waals surface area contributed by atoms with E-state index in [1.807, 2.05) is 11.0 Å². The highest BCUT2D eigenvalue weighted by Gasteiger charge is 2.34. The average Bonchev–Trinajstić information content (AvgIpc) is 3.55. The number of rotatable bonds is 5. The Labute approximate surface area is 162 Å². The molecule has 0 spiro atoms. The van der Waals surface area contributed by atoms with Gasteiger partial charge in [-0.15, -0.1) is 0 Å². The van der Waals surface area contributed by atoms with Crippen molar-refractivity contribution in [3.05, 3.63) is 71.8 Å². The van der Waals surface area contributed by atoms with Crippen molar-refractivity contribution in [2.24, 2.45) is 5.92 Å². The van der Waals surface area contributed by atoms with Gasteiger partial charge < -0.3 is 10.2 Å². The number of benzene rings is 2. The fourth-order valence-electron chi connectivity index (χ4n) is 3.96. The summed E-state index contributed by atoms with van der Waals surface area (Å²) in [6.45, 7) is 4.57. The molecule has 2 aliphatic rings. The molecule has 1 N–H and O–H groups in total. The Hall–Kier alpha value is -2.33. The van der Waals surface area contributed by atoms with Crippen LogP contribution in [0.5, 0.6) is 0 Å². The molecule has 1 unspecified atom stereocenters. The zero-order valence-corrected chi connectivity index (χ0v) is 15.9. The second-order valence-electron chi connectivity index (χ2n) is 7.78. The van der Waals surface area contributed by atoms with Gasteiger partial charge >= 0.3 is 6.03 Å². The zero-order valence-electron chi connectivity index (χ0n) is 15.9. The summed E-state index contributed by atoms with van der Waals surface area (Å²) in [5.41, 5.74) is 2.57. The summed E-state index contributed by atoms with van der Waals surface area (Å²) in [4.78, 5) is 17.4. The molecule has 4 heteroatoms. The Morgan fingerprint density at radius 1 is 0.926 bits per heavy atom. The molecule has 2 aromatic carbocycles. The van der Waals surface area contributed by atoms with Crippen molar-refractivity contribution in [3.8, 4) is 0 Å². The van der Waals surface area contributed by atoms with Crippen LogP contribution in [0.2, 0.25) is 0 Å². The van der Waals surface area contributed by atoms with Crippen LogP contribution < -0.4 is 5.32 Å². The van der Waals surface area contributed by atoms with E-state index in [0.29, 0.717) is 5.92 Å². The quantitative estimate of drug-likeness (QED) is 0.870. The monoisotopic (exact) mass is 363 g/mol. The Morgan fingerprint density at radius 3 is 2.33 bits per heavy atom. The topological polar surface area (TPSA) is 35.6 Å². The lowest BCUT2D eigenvalue weighted by atomic mass is 10.0. The van der Waals surface area contributed by atoms with Gasteiger partial charge in [-0.05, 0) is 36.3 Å². The molecule has 1 saturated heterocycles. The largest absolute Gasteiger partial charge is 0.331 e. The van der Waals surface area contributed by atoms with Gasteiger partial charge in [0.05, 0.1) is 6.04 Å². The fourth-order valence-corrected chi connectivity index (χ4v) is 3.96. The van der Waals surface area contributed by atoms with Crippen molar-refractivity contribution >= 4 is 6.03 Å². The molecule has 142 valence electrons. The van der Waals surface area contributed by atoms with Crippen molar-refractivity contribution in [1.82, 2.24) is 15.1 Å². The zero-order chi connectivity index (χ0) is 18.5. The van der Waals surface area contributed by atoms with Gasteiger partial charge in [0.2, 0.25) is 0 Å². The highest BCUT2D eigenvalue weighted by Crippen LogP contribution is 2.41. The molecular weight excluding hydrogens is 334 g/mol. The van der Waals surface area contributed by atoms with E-state index in [0.717, 1.165) is 39.1 Å². The third-order valence-electron chi connectivity index (χ3n) is 5.66. The van der Waals surface area contributed by atoms with E-state index < -0.39 is 0 Å². The maximum absolute atomic E-state index is 12.9. The molecule has 0 aromatic heterocycles. The smallest absolute Gasteiger partial charge is 0.317 e. The predicted octanol–water partition coefficient (Wildman–Crippen LogP) is 4.06. The van der Waals surface area contributed by atoms with Crippen molar-refractivity contribution in [3.63, 3.8) is 0 Å². The molecule has 1 aliphatic carbocycles. The first-order valence-corrected chi connectivity index (χ1v) is 10.2. The van der Waals surface area contributed by atoms with Crippen LogP contribution in [0, 0.1) is 5.92 Å². The minimum absolute atomic E-state index is 0.0947. The van der Waals surface area contributed by atoms with Crippen LogP contribution in [0.25, 0.3) is 0 Å². The number of carbonyl (C=O) groups excluding carboxylic acids is 1. The van der Waals surface area contributed by atoms with E-state index in [4.69, 9.17) is 0 Å².